The second kappa shape index (κ2) is 9.13. The zero-order valence-corrected chi connectivity index (χ0v) is 17.4. The lowest BCUT2D eigenvalue weighted by molar-refractivity contribution is -0.146. The van der Waals surface area contributed by atoms with Gasteiger partial charge in [-0.05, 0) is 56.2 Å². The van der Waals surface area contributed by atoms with E-state index in [-0.39, 0.29) is 17.3 Å². The molecule has 0 spiro atoms. The van der Waals surface area contributed by atoms with E-state index in [1.54, 1.807) is 37.3 Å². The number of benzene rings is 2. The highest BCUT2D eigenvalue weighted by Gasteiger charge is 2.34. The lowest BCUT2D eigenvalue weighted by Gasteiger charge is -2.24. The van der Waals surface area contributed by atoms with Crippen molar-refractivity contribution in [2.24, 2.45) is 11.8 Å². The Bertz CT molecular complexity index is 1030. The SMILES string of the molecule is CCN(c1ccccc1)S(=O)(=O)c1ccc(NC(=O)[C@H]2CC=CC[C@@H]2C(=O)O)cc1. The van der Waals surface area contributed by atoms with E-state index in [1.807, 2.05) is 12.1 Å². The number of carboxylic acids is 1. The van der Waals surface area contributed by atoms with Crippen molar-refractivity contribution in [1.29, 1.82) is 0 Å². The van der Waals surface area contributed by atoms with Gasteiger partial charge < -0.3 is 10.4 Å². The molecule has 30 heavy (non-hydrogen) atoms. The fourth-order valence-electron chi connectivity index (χ4n) is 3.53. The van der Waals surface area contributed by atoms with Gasteiger partial charge in [-0.25, -0.2) is 8.42 Å². The second-order valence-corrected chi connectivity index (χ2v) is 8.88. The number of carboxylic acid groups (broad SMARTS) is 1. The summed E-state index contributed by atoms with van der Waals surface area (Å²) in [7, 11) is -3.76. The number of allylic oxidation sites excluding steroid dienone is 2. The third-order valence-corrected chi connectivity index (χ3v) is 7.04. The number of aliphatic carboxylic acids is 1. The standard InChI is InChI=1S/C22H24N2O5S/c1-2-24(17-8-4-3-5-9-17)30(28,29)18-14-12-16(13-15-18)23-21(25)19-10-6-7-11-20(19)22(26)27/h3-9,12-15,19-20H,2,10-11H2,1H3,(H,23,25)(H,26,27)/t19-,20-/m0/s1. The number of rotatable bonds is 7. The highest BCUT2D eigenvalue weighted by molar-refractivity contribution is 7.92. The maximum Gasteiger partial charge on any atom is 0.307 e. The predicted octanol–water partition coefficient (Wildman–Crippen LogP) is 3.51. The molecule has 2 aromatic rings. The zero-order valence-electron chi connectivity index (χ0n) is 16.6. The number of nitrogens with zero attached hydrogens (tertiary/aromatic N) is 1. The summed E-state index contributed by atoms with van der Waals surface area (Å²) in [4.78, 5) is 24.1. The van der Waals surface area contributed by atoms with Crippen molar-refractivity contribution in [3.8, 4) is 0 Å². The number of anilines is 2. The number of carbonyl (C=O) groups excluding carboxylic acids is 1. The molecule has 0 saturated heterocycles. The third-order valence-electron chi connectivity index (χ3n) is 5.13. The number of para-hydroxylation sites is 1. The molecule has 1 aliphatic rings. The Morgan fingerprint density at radius 3 is 2.17 bits per heavy atom. The Hall–Kier alpha value is -3.13. The van der Waals surface area contributed by atoms with Gasteiger partial charge in [0, 0.05) is 12.2 Å². The van der Waals surface area contributed by atoms with E-state index in [9.17, 15) is 23.1 Å². The lowest BCUT2D eigenvalue weighted by atomic mass is 9.82. The maximum atomic E-state index is 13.0. The first-order valence-corrected chi connectivity index (χ1v) is 11.1. The monoisotopic (exact) mass is 428 g/mol. The smallest absolute Gasteiger partial charge is 0.307 e. The van der Waals surface area contributed by atoms with Crippen molar-refractivity contribution in [3.05, 3.63) is 66.7 Å². The predicted molar refractivity (Wildman–Crippen MR) is 115 cm³/mol. The number of sulfonamides is 1. The van der Waals surface area contributed by atoms with Crippen LogP contribution in [0.5, 0.6) is 0 Å². The minimum Gasteiger partial charge on any atom is -0.481 e. The van der Waals surface area contributed by atoms with Gasteiger partial charge in [-0.3, -0.25) is 13.9 Å². The van der Waals surface area contributed by atoms with Gasteiger partial charge in [0.25, 0.3) is 10.0 Å². The molecule has 7 nitrogen and oxygen atoms in total. The average Bonchev–Trinajstić information content (AvgIpc) is 2.75. The van der Waals surface area contributed by atoms with Crippen molar-refractivity contribution in [3.63, 3.8) is 0 Å². The molecule has 0 radical (unpaired) electrons. The summed E-state index contributed by atoms with van der Waals surface area (Å²) in [6.45, 7) is 2.03. The molecule has 8 heteroatoms. The van der Waals surface area contributed by atoms with Crippen molar-refractivity contribution in [2.45, 2.75) is 24.7 Å². The van der Waals surface area contributed by atoms with Crippen molar-refractivity contribution in [1.82, 2.24) is 0 Å². The lowest BCUT2D eigenvalue weighted by Crippen LogP contribution is -2.34. The Labute approximate surface area is 176 Å². The van der Waals surface area contributed by atoms with E-state index < -0.39 is 27.8 Å². The van der Waals surface area contributed by atoms with Crippen LogP contribution < -0.4 is 9.62 Å². The molecule has 2 atom stereocenters. The van der Waals surface area contributed by atoms with Gasteiger partial charge in [-0.15, -0.1) is 0 Å². The summed E-state index contributed by atoms with van der Waals surface area (Å²) >= 11 is 0. The van der Waals surface area contributed by atoms with Crippen LogP contribution in [0.1, 0.15) is 19.8 Å². The highest BCUT2D eigenvalue weighted by Crippen LogP contribution is 2.28. The van der Waals surface area contributed by atoms with Crippen LogP contribution >= 0.6 is 0 Å². The number of hydrogen-bond acceptors (Lipinski definition) is 4. The normalized spacial score (nSPS) is 18.6. The van der Waals surface area contributed by atoms with E-state index in [4.69, 9.17) is 0 Å². The van der Waals surface area contributed by atoms with Crippen molar-refractivity contribution < 1.29 is 23.1 Å². The van der Waals surface area contributed by atoms with Gasteiger partial charge in [0.15, 0.2) is 0 Å². The topological polar surface area (TPSA) is 104 Å². The summed E-state index contributed by atoms with van der Waals surface area (Å²) in [5.74, 6) is -2.81. The molecule has 0 bridgehead atoms. The molecule has 1 aliphatic carbocycles. The molecule has 0 fully saturated rings. The minimum absolute atomic E-state index is 0.107. The van der Waals surface area contributed by atoms with E-state index in [0.717, 1.165) is 0 Å². The summed E-state index contributed by atoms with van der Waals surface area (Å²) in [6, 6.07) is 14.7. The Morgan fingerprint density at radius 1 is 1.00 bits per heavy atom. The number of carbonyl (C=O) groups is 2. The van der Waals surface area contributed by atoms with Crippen molar-refractivity contribution >= 4 is 33.3 Å². The zero-order chi connectivity index (χ0) is 21.7. The third kappa shape index (κ3) is 4.54. The highest BCUT2D eigenvalue weighted by atomic mass is 32.2. The largest absolute Gasteiger partial charge is 0.481 e. The fraction of sp³-hybridized carbons (Fsp3) is 0.273. The van der Waals surface area contributed by atoms with Gasteiger partial charge in [-0.2, -0.15) is 0 Å². The number of amides is 1. The molecule has 0 unspecified atom stereocenters. The van der Waals surface area contributed by atoms with Crippen LogP contribution in [0, 0.1) is 11.8 Å². The molecule has 1 amide bonds. The van der Waals surface area contributed by atoms with E-state index >= 15 is 0 Å². The van der Waals surface area contributed by atoms with Gasteiger partial charge in [-0.1, -0.05) is 30.4 Å². The van der Waals surface area contributed by atoms with Gasteiger partial charge >= 0.3 is 5.97 Å². The van der Waals surface area contributed by atoms with Crippen LogP contribution in [0.3, 0.4) is 0 Å². The Morgan fingerprint density at radius 2 is 1.60 bits per heavy atom. The van der Waals surface area contributed by atoms with Gasteiger partial charge in [0.05, 0.1) is 22.4 Å². The average molecular weight is 429 g/mol. The van der Waals surface area contributed by atoms with Crippen LogP contribution in [0.2, 0.25) is 0 Å². The number of nitrogens with one attached hydrogen (secondary N) is 1. The molecule has 158 valence electrons. The van der Waals surface area contributed by atoms with Crippen LogP contribution in [-0.2, 0) is 19.6 Å². The molecule has 0 aliphatic heterocycles. The molecular formula is C22H24N2O5S. The maximum absolute atomic E-state index is 13.0. The van der Waals surface area contributed by atoms with Crippen LogP contribution in [0.15, 0.2) is 71.6 Å². The van der Waals surface area contributed by atoms with Gasteiger partial charge in [0.1, 0.15) is 0 Å². The summed E-state index contributed by atoms with van der Waals surface area (Å²) in [5, 5.41) is 12.0. The van der Waals surface area contributed by atoms with Crippen LogP contribution in [0.25, 0.3) is 0 Å². The Kier molecular flexibility index (Phi) is 6.56. The molecular weight excluding hydrogens is 404 g/mol. The molecule has 0 heterocycles. The summed E-state index contributed by atoms with van der Waals surface area (Å²) in [6.07, 6.45) is 4.26. The van der Waals surface area contributed by atoms with E-state index in [0.29, 0.717) is 24.2 Å². The van der Waals surface area contributed by atoms with Crippen molar-refractivity contribution in [2.75, 3.05) is 16.2 Å². The fourth-order valence-corrected chi connectivity index (χ4v) is 5.01. The second-order valence-electron chi connectivity index (χ2n) is 7.01. The van der Waals surface area contributed by atoms with Crippen LogP contribution in [0.4, 0.5) is 11.4 Å². The molecule has 3 rings (SSSR count). The molecule has 2 N–H and O–H groups in total. The number of hydrogen-bond donors (Lipinski definition) is 2. The molecule has 0 aromatic heterocycles. The quantitative estimate of drug-likeness (QED) is 0.657. The van der Waals surface area contributed by atoms with Gasteiger partial charge in [0.2, 0.25) is 5.91 Å². The molecule has 2 aromatic carbocycles. The first-order chi connectivity index (χ1) is 14.3. The Balaban J connectivity index is 1.76. The summed E-state index contributed by atoms with van der Waals surface area (Å²) < 4.78 is 27.4. The van der Waals surface area contributed by atoms with E-state index in [2.05, 4.69) is 5.32 Å². The minimum atomic E-state index is -3.76. The van der Waals surface area contributed by atoms with Crippen LogP contribution in [-0.4, -0.2) is 31.9 Å². The first kappa shape index (κ1) is 21.6. The van der Waals surface area contributed by atoms with E-state index in [1.165, 1.54) is 28.6 Å². The first-order valence-electron chi connectivity index (χ1n) is 9.71. The summed E-state index contributed by atoms with van der Waals surface area (Å²) in [5.41, 5.74) is 0.989. The molecule has 0 saturated carbocycles.